The predicted octanol–water partition coefficient (Wildman–Crippen LogP) is -0.482. The van der Waals surface area contributed by atoms with Gasteiger partial charge in [-0.2, -0.15) is 0 Å². The van der Waals surface area contributed by atoms with Crippen LogP contribution in [-0.4, -0.2) is 32.2 Å². The minimum atomic E-state index is -0.160. The van der Waals surface area contributed by atoms with E-state index in [4.69, 9.17) is 5.73 Å². The van der Waals surface area contributed by atoms with Crippen molar-refractivity contribution in [2.24, 2.45) is 11.7 Å². The van der Waals surface area contributed by atoms with Crippen LogP contribution in [0.2, 0.25) is 0 Å². The normalized spacial score (nSPS) is 28.8. The van der Waals surface area contributed by atoms with Gasteiger partial charge in [-0.3, -0.25) is 4.79 Å². The van der Waals surface area contributed by atoms with Gasteiger partial charge in [0.05, 0.1) is 13.0 Å². The zero-order valence-corrected chi connectivity index (χ0v) is 7.89. The SMILES string of the molecule is COC(=O)[C@H]1CNC[C@@H](N)C1.Cl. The second kappa shape index (κ2) is 5.35. The molecule has 1 rings (SSSR count). The van der Waals surface area contributed by atoms with E-state index in [1.807, 2.05) is 0 Å². The summed E-state index contributed by atoms with van der Waals surface area (Å²) in [6, 6.07) is 0.0906. The summed E-state index contributed by atoms with van der Waals surface area (Å²) < 4.78 is 4.60. The van der Waals surface area contributed by atoms with E-state index in [9.17, 15) is 4.79 Å². The summed E-state index contributed by atoms with van der Waals surface area (Å²) in [5.41, 5.74) is 5.65. The number of piperidine rings is 1. The Balaban J connectivity index is 0.00000121. The molecular weight excluding hydrogens is 180 g/mol. The molecule has 0 bridgehead atoms. The summed E-state index contributed by atoms with van der Waals surface area (Å²) in [4.78, 5) is 11.0. The number of ether oxygens (including phenoxy) is 1. The zero-order chi connectivity index (χ0) is 8.27. The summed E-state index contributed by atoms with van der Waals surface area (Å²) in [5, 5.41) is 3.07. The highest BCUT2D eigenvalue weighted by Crippen LogP contribution is 2.10. The van der Waals surface area contributed by atoms with Gasteiger partial charge in [-0.15, -0.1) is 12.4 Å². The molecule has 0 amide bonds. The molecule has 0 aromatic carbocycles. The Morgan fingerprint density at radius 3 is 2.75 bits per heavy atom. The molecule has 0 radical (unpaired) electrons. The van der Waals surface area contributed by atoms with Gasteiger partial charge >= 0.3 is 5.97 Å². The Bertz CT molecular complexity index is 154. The first-order chi connectivity index (χ1) is 5.24. The van der Waals surface area contributed by atoms with Gasteiger partial charge in [-0.05, 0) is 6.42 Å². The highest BCUT2D eigenvalue weighted by Gasteiger charge is 2.25. The first kappa shape index (κ1) is 11.7. The molecule has 0 unspecified atom stereocenters. The van der Waals surface area contributed by atoms with E-state index in [1.165, 1.54) is 7.11 Å². The van der Waals surface area contributed by atoms with E-state index in [1.54, 1.807) is 0 Å². The standard InChI is InChI=1S/C7H14N2O2.ClH/c1-11-7(10)5-2-6(8)4-9-3-5;/h5-6,9H,2-4,8H2,1H3;1H/t5-,6+;/m1./s1. The van der Waals surface area contributed by atoms with Gasteiger partial charge in [0.15, 0.2) is 0 Å². The molecule has 3 N–H and O–H groups in total. The number of nitrogens with two attached hydrogens (primary N) is 1. The molecule has 0 saturated carbocycles. The van der Waals surface area contributed by atoms with Gasteiger partial charge in [0, 0.05) is 19.1 Å². The fraction of sp³-hybridized carbons (Fsp3) is 0.857. The average Bonchev–Trinajstić information content (AvgIpc) is 2.03. The smallest absolute Gasteiger partial charge is 0.310 e. The lowest BCUT2D eigenvalue weighted by molar-refractivity contribution is -0.146. The van der Waals surface area contributed by atoms with Crippen molar-refractivity contribution in [3.8, 4) is 0 Å². The van der Waals surface area contributed by atoms with Crippen LogP contribution in [0.4, 0.5) is 0 Å². The maximum Gasteiger partial charge on any atom is 0.310 e. The van der Waals surface area contributed by atoms with Crippen LogP contribution in [-0.2, 0) is 9.53 Å². The largest absolute Gasteiger partial charge is 0.469 e. The quantitative estimate of drug-likeness (QED) is 0.554. The van der Waals surface area contributed by atoms with Crippen LogP contribution in [0.15, 0.2) is 0 Å². The van der Waals surface area contributed by atoms with E-state index in [-0.39, 0.29) is 30.3 Å². The number of rotatable bonds is 1. The summed E-state index contributed by atoms with van der Waals surface area (Å²) in [7, 11) is 1.41. The molecule has 0 aromatic heterocycles. The van der Waals surface area contributed by atoms with Crippen LogP contribution >= 0.6 is 12.4 Å². The summed E-state index contributed by atoms with van der Waals surface area (Å²) in [6.45, 7) is 1.49. The lowest BCUT2D eigenvalue weighted by Gasteiger charge is -2.25. The Hall–Kier alpha value is -0.320. The minimum absolute atomic E-state index is 0. The number of hydrogen-bond acceptors (Lipinski definition) is 4. The first-order valence-electron chi connectivity index (χ1n) is 3.78. The Morgan fingerprint density at radius 1 is 1.58 bits per heavy atom. The molecular formula is C7H15ClN2O2. The molecule has 0 aliphatic carbocycles. The van der Waals surface area contributed by atoms with Crippen LogP contribution in [0.25, 0.3) is 0 Å². The van der Waals surface area contributed by atoms with Crippen molar-refractivity contribution in [1.82, 2.24) is 5.32 Å². The Kier molecular flexibility index (Phi) is 5.20. The van der Waals surface area contributed by atoms with E-state index in [2.05, 4.69) is 10.1 Å². The molecule has 1 saturated heterocycles. The van der Waals surface area contributed by atoms with Crippen LogP contribution in [0.3, 0.4) is 0 Å². The van der Waals surface area contributed by atoms with Crippen LogP contribution in [0.5, 0.6) is 0 Å². The lowest BCUT2D eigenvalue weighted by Crippen LogP contribution is -2.46. The van der Waals surface area contributed by atoms with Gasteiger partial charge in [-0.25, -0.2) is 0 Å². The van der Waals surface area contributed by atoms with Gasteiger partial charge in [0.25, 0.3) is 0 Å². The highest BCUT2D eigenvalue weighted by atomic mass is 35.5. The van der Waals surface area contributed by atoms with Gasteiger partial charge in [0.2, 0.25) is 0 Å². The average molecular weight is 195 g/mol. The second-order valence-electron chi connectivity index (χ2n) is 2.87. The third-order valence-corrected chi connectivity index (χ3v) is 1.92. The molecule has 12 heavy (non-hydrogen) atoms. The monoisotopic (exact) mass is 194 g/mol. The molecule has 5 heteroatoms. The van der Waals surface area contributed by atoms with Crippen molar-refractivity contribution in [1.29, 1.82) is 0 Å². The highest BCUT2D eigenvalue weighted by molar-refractivity contribution is 5.85. The number of esters is 1. The number of nitrogens with one attached hydrogen (secondary N) is 1. The number of methoxy groups -OCH3 is 1. The lowest BCUT2D eigenvalue weighted by atomic mass is 9.97. The van der Waals surface area contributed by atoms with Gasteiger partial charge in [0.1, 0.15) is 0 Å². The summed E-state index contributed by atoms with van der Waals surface area (Å²) in [6.07, 6.45) is 0.736. The minimum Gasteiger partial charge on any atom is -0.469 e. The molecule has 1 aliphatic rings. The fourth-order valence-corrected chi connectivity index (χ4v) is 1.32. The molecule has 72 valence electrons. The number of carbonyl (C=O) groups is 1. The predicted molar refractivity (Wildman–Crippen MR) is 48.2 cm³/mol. The van der Waals surface area contributed by atoms with Crippen molar-refractivity contribution < 1.29 is 9.53 Å². The second-order valence-corrected chi connectivity index (χ2v) is 2.87. The number of hydrogen-bond donors (Lipinski definition) is 2. The van der Waals surface area contributed by atoms with E-state index >= 15 is 0 Å². The van der Waals surface area contributed by atoms with Crippen LogP contribution in [0.1, 0.15) is 6.42 Å². The number of carbonyl (C=O) groups excluding carboxylic acids is 1. The van der Waals surface area contributed by atoms with Crippen molar-refractivity contribution in [2.75, 3.05) is 20.2 Å². The third kappa shape index (κ3) is 2.97. The summed E-state index contributed by atoms with van der Waals surface area (Å²) in [5.74, 6) is -0.212. The van der Waals surface area contributed by atoms with Crippen molar-refractivity contribution in [3.63, 3.8) is 0 Å². The zero-order valence-electron chi connectivity index (χ0n) is 7.08. The van der Waals surface area contributed by atoms with E-state index in [0.717, 1.165) is 13.0 Å². The van der Waals surface area contributed by atoms with E-state index < -0.39 is 0 Å². The van der Waals surface area contributed by atoms with Crippen LogP contribution < -0.4 is 11.1 Å². The maximum atomic E-state index is 11.0. The molecule has 1 fully saturated rings. The molecule has 2 atom stereocenters. The Morgan fingerprint density at radius 2 is 2.25 bits per heavy atom. The van der Waals surface area contributed by atoms with Crippen molar-refractivity contribution in [2.45, 2.75) is 12.5 Å². The molecule has 0 spiro atoms. The van der Waals surface area contributed by atoms with Crippen molar-refractivity contribution >= 4 is 18.4 Å². The number of halogens is 1. The first-order valence-corrected chi connectivity index (χ1v) is 3.78. The van der Waals surface area contributed by atoms with E-state index in [0.29, 0.717) is 6.54 Å². The molecule has 1 heterocycles. The molecule has 1 aliphatic heterocycles. The topological polar surface area (TPSA) is 64.3 Å². The molecule has 4 nitrogen and oxygen atoms in total. The summed E-state index contributed by atoms with van der Waals surface area (Å²) >= 11 is 0. The third-order valence-electron chi connectivity index (χ3n) is 1.92. The van der Waals surface area contributed by atoms with Gasteiger partial charge < -0.3 is 15.8 Å². The Labute approximate surface area is 78.2 Å². The molecule has 0 aromatic rings. The maximum absolute atomic E-state index is 11.0. The van der Waals surface area contributed by atoms with Crippen LogP contribution in [0, 0.1) is 5.92 Å². The van der Waals surface area contributed by atoms with Gasteiger partial charge in [-0.1, -0.05) is 0 Å². The fourth-order valence-electron chi connectivity index (χ4n) is 1.32. The van der Waals surface area contributed by atoms with Crippen molar-refractivity contribution in [3.05, 3.63) is 0 Å².